The van der Waals surface area contributed by atoms with Gasteiger partial charge < -0.3 is 30.0 Å². The number of aliphatic imine (C=N–C) groups is 1. The minimum absolute atomic E-state index is 0.229. The lowest BCUT2D eigenvalue weighted by Crippen LogP contribution is -2.33. The summed E-state index contributed by atoms with van der Waals surface area (Å²) in [5.41, 5.74) is 5.44. The predicted octanol–water partition coefficient (Wildman–Crippen LogP) is 2.91. The number of hydrogen-bond acceptors (Lipinski definition) is 6. The van der Waals surface area contributed by atoms with Crippen molar-refractivity contribution in [2.45, 2.75) is 66.3 Å². The minimum atomic E-state index is -0.472. The summed E-state index contributed by atoms with van der Waals surface area (Å²) in [5, 5.41) is 2.96. The molecule has 0 aliphatic carbocycles. The fourth-order valence-electron chi connectivity index (χ4n) is 2.35. The highest BCUT2D eigenvalue weighted by atomic mass is 32.2. The number of hydrogen-bond donors (Lipinski definition) is 2. The molecule has 1 heterocycles. The van der Waals surface area contributed by atoms with E-state index in [1.165, 1.54) is 11.8 Å². The highest BCUT2D eigenvalue weighted by Crippen LogP contribution is 2.26. The van der Waals surface area contributed by atoms with Crippen LogP contribution < -0.4 is 11.1 Å². The number of amidine groups is 1. The highest BCUT2D eigenvalue weighted by molar-refractivity contribution is 8.13. The van der Waals surface area contributed by atoms with Crippen LogP contribution in [0.5, 0.6) is 0 Å². The Morgan fingerprint density at radius 2 is 1.77 bits per heavy atom. The van der Waals surface area contributed by atoms with Gasteiger partial charge in [-0.25, -0.2) is 4.79 Å². The van der Waals surface area contributed by atoms with E-state index >= 15 is 0 Å². The average Bonchev–Trinajstić information content (AvgIpc) is 2.95. The smallest absolute Gasteiger partial charge is 0.345 e. The normalized spacial score (nSPS) is 22.9. The van der Waals surface area contributed by atoms with Crippen LogP contribution in [0, 0.1) is 5.92 Å². The van der Waals surface area contributed by atoms with Gasteiger partial charge in [0.1, 0.15) is 6.23 Å². The molecule has 1 saturated heterocycles. The zero-order valence-corrected chi connectivity index (χ0v) is 17.6. The standard InChI is InChI=1S/C10H19N3O2S.C7H16O3/c1-4-7-6(2)5-8(15-7)12-10(14)13-9(11)16-3;1-4-8-7(9-5-2)10-6-3/h6-8H,4-5H2,1-3H3,(H3,11,12,13,14);7H,4-6H2,1-3H3/t6-,7-,8-;/m1./s1. The molecule has 9 heteroatoms. The van der Waals surface area contributed by atoms with Crippen LogP contribution in [0.15, 0.2) is 4.99 Å². The van der Waals surface area contributed by atoms with Gasteiger partial charge in [-0.3, -0.25) is 0 Å². The number of amides is 2. The molecule has 0 aromatic heterocycles. The molecule has 1 aliphatic heterocycles. The van der Waals surface area contributed by atoms with Gasteiger partial charge in [0.15, 0.2) is 5.17 Å². The third kappa shape index (κ3) is 11.0. The molecule has 1 fully saturated rings. The zero-order chi connectivity index (χ0) is 19.9. The van der Waals surface area contributed by atoms with E-state index in [1.54, 1.807) is 6.26 Å². The summed E-state index contributed by atoms with van der Waals surface area (Å²) in [5.74, 6) is 0.470. The molecule has 3 N–H and O–H groups in total. The molecule has 0 radical (unpaired) electrons. The summed E-state index contributed by atoms with van der Waals surface area (Å²) in [6.45, 7) is 11.3. The number of nitrogens with two attached hydrogens (primary N) is 1. The van der Waals surface area contributed by atoms with E-state index < -0.39 is 12.5 Å². The van der Waals surface area contributed by atoms with Crippen LogP contribution in [0.2, 0.25) is 0 Å². The second-order valence-corrected chi connectivity index (χ2v) is 6.37. The Morgan fingerprint density at radius 3 is 2.15 bits per heavy atom. The summed E-state index contributed by atoms with van der Waals surface area (Å²) >= 11 is 1.24. The third-order valence-electron chi connectivity index (χ3n) is 3.58. The quantitative estimate of drug-likeness (QED) is 0.371. The Morgan fingerprint density at radius 1 is 1.23 bits per heavy atom. The largest absolute Gasteiger partial charge is 0.378 e. The molecule has 3 atom stereocenters. The van der Waals surface area contributed by atoms with E-state index in [0.717, 1.165) is 12.8 Å². The van der Waals surface area contributed by atoms with Gasteiger partial charge in [0.05, 0.1) is 6.10 Å². The lowest BCUT2D eigenvalue weighted by molar-refractivity contribution is -0.282. The van der Waals surface area contributed by atoms with Crippen molar-refractivity contribution < 1.29 is 23.7 Å². The van der Waals surface area contributed by atoms with E-state index in [0.29, 0.717) is 25.7 Å². The summed E-state index contributed by atoms with van der Waals surface area (Å²) in [7, 11) is 0. The van der Waals surface area contributed by atoms with E-state index in [4.69, 9.17) is 24.7 Å². The number of rotatable bonds is 8. The molecule has 26 heavy (non-hydrogen) atoms. The fourth-order valence-corrected chi connectivity index (χ4v) is 2.52. The topological polar surface area (TPSA) is 104 Å². The number of nitrogens with zero attached hydrogens (tertiary/aromatic N) is 1. The Hall–Kier alpha value is -0.870. The number of carbonyl (C=O) groups excluding carboxylic acids is 1. The van der Waals surface area contributed by atoms with Crippen molar-refractivity contribution in [2.75, 3.05) is 26.1 Å². The van der Waals surface area contributed by atoms with Crippen molar-refractivity contribution in [3.05, 3.63) is 0 Å². The number of urea groups is 1. The fraction of sp³-hybridized carbons (Fsp3) is 0.882. The number of nitrogens with one attached hydrogen (secondary N) is 1. The predicted molar refractivity (Wildman–Crippen MR) is 105 cm³/mol. The number of ether oxygens (including phenoxy) is 4. The maximum atomic E-state index is 11.4. The van der Waals surface area contributed by atoms with Gasteiger partial charge in [0.2, 0.25) is 0 Å². The second kappa shape index (κ2) is 15.2. The van der Waals surface area contributed by atoms with Crippen molar-refractivity contribution in [3.8, 4) is 0 Å². The van der Waals surface area contributed by atoms with Gasteiger partial charge >= 0.3 is 6.03 Å². The van der Waals surface area contributed by atoms with Gasteiger partial charge in [-0.1, -0.05) is 25.6 Å². The summed E-state index contributed by atoms with van der Waals surface area (Å²) in [4.78, 5) is 15.1. The number of carbonyl (C=O) groups is 1. The Bertz CT molecular complexity index is 398. The lowest BCUT2D eigenvalue weighted by atomic mass is 10.0. The van der Waals surface area contributed by atoms with Gasteiger partial charge in [-0.05, 0) is 45.8 Å². The van der Waals surface area contributed by atoms with Crippen molar-refractivity contribution in [1.82, 2.24) is 5.32 Å². The summed E-state index contributed by atoms with van der Waals surface area (Å²) in [6, 6.07) is -0.430. The van der Waals surface area contributed by atoms with Crippen LogP contribution in [0.4, 0.5) is 4.79 Å². The zero-order valence-electron chi connectivity index (χ0n) is 16.8. The van der Waals surface area contributed by atoms with E-state index in [9.17, 15) is 4.79 Å². The van der Waals surface area contributed by atoms with Crippen molar-refractivity contribution in [1.29, 1.82) is 0 Å². The molecule has 0 bridgehead atoms. The first-order valence-electron chi connectivity index (χ1n) is 9.10. The van der Waals surface area contributed by atoms with Crippen molar-refractivity contribution in [3.63, 3.8) is 0 Å². The Kier molecular flexibility index (Phi) is 14.7. The number of thioether (sulfide) groups is 1. The molecule has 0 aromatic rings. The van der Waals surface area contributed by atoms with Crippen LogP contribution in [-0.4, -0.2) is 56.1 Å². The Labute approximate surface area is 161 Å². The van der Waals surface area contributed by atoms with Crippen LogP contribution in [0.3, 0.4) is 0 Å². The first kappa shape index (κ1) is 25.1. The average molecular weight is 394 g/mol. The van der Waals surface area contributed by atoms with Gasteiger partial charge in [-0.15, -0.1) is 0 Å². The van der Waals surface area contributed by atoms with E-state index in [1.807, 2.05) is 20.8 Å². The van der Waals surface area contributed by atoms with Gasteiger partial charge in [0, 0.05) is 19.8 Å². The molecule has 0 spiro atoms. The van der Waals surface area contributed by atoms with Gasteiger partial charge in [0.25, 0.3) is 6.48 Å². The highest BCUT2D eigenvalue weighted by Gasteiger charge is 2.31. The molecule has 0 saturated carbocycles. The third-order valence-corrected chi connectivity index (χ3v) is 4.09. The maximum Gasteiger partial charge on any atom is 0.345 e. The first-order valence-corrected chi connectivity index (χ1v) is 10.3. The van der Waals surface area contributed by atoms with E-state index in [2.05, 4.69) is 24.2 Å². The molecule has 1 rings (SSSR count). The minimum Gasteiger partial charge on any atom is -0.378 e. The summed E-state index contributed by atoms with van der Waals surface area (Å²) < 4.78 is 20.9. The van der Waals surface area contributed by atoms with Crippen molar-refractivity contribution in [2.24, 2.45) is 16.6 Å². The maximum absolute atomic E-state index is 11.4. The van der Waals surface area contributed by atoms with Crippen LogP contribution in [0.1, 0.15) is 47.5 Å². The van der Waals surface area contributed by atoms with Gasteiger partial charge in [-0.2, -0.15) is 4.99 Å². The molecule has 154 valence electrons. The molecule has 0 unspecified atom stereocenters. The van der Waals surface area contributed by atoms with Crippen LogP contribution in [-0.2, 0) is 18.9 Å². The second-order valence-electron chi connectivity index (χ2n) is 5.54. The molecular weight excluding hydrogens is 358 g/mol. The molecule has 8 nitrogen and oxygen atoms in total. The summed E-state index contributed by atoms with van der Waals surface area (Å²) in [6.07, 6.45) is 3.56. The Balaban J connectivity index is 0.000000541. The molecule has 1 aliphatic rings. The SMILES string of the molecule is CCOC(OCC)OCC.CC[C@H]1O[C@@H](NC(=O)N=C(N)SC)C[C@H]1C. The van der Waals surface area contributed by atoms with Crippen LogP contribution >= 0.6 is 11.8 Å². The molecule has 2 amide bonds. The van der Waals surface area contributed by atoms with Crippen molar-refractivity contribution >= 4 is 23.0 Å². The van der Waals surface area contributed by atoms with Crippen LogP contribution in [0.25, 0.3) is 0 Å². The monoisotopic (exact) mass is 393 g/mol. The first-order chi connectivity index (χ1) is 12.4. The molecular formula is C17H35N3O5S. The lowest BCUT2D eigenvalue weighted by Gasteiger charge is -2.15. The molecule has 0 aromatic carbocycles. The van der Waals surface area contributed by atoms with E-state index in [-0.39, 0.29) is 17.5 Å².